The van der Waals surface area contributed by atoms with Crippen molar-refractivity contribution in [2.45, 2.75) is 6.92 Å². The van der Waals surface area contributed by atoms with Crippen LogP contribution in [-0.4, -0.2) is 6.54 Å². The van der Waals surface area contributed by atoms with E-state index in [2.05, 4.69) is 21.2 Å². The van der Waals surface area contributed by atoms with Gasteiger partial charge >= 0.3 is 0 Å². The van der Waals surface area contributed by atoms with E-state index in [1.54, 1.807) is 6.07 Å². The van der Waals surface area contributed by atoms with Crippen LogP contribution in [0.5, 0.6) is 0 Å². The van der Waals surface area contributed by atoms with Crippen LogP contribution >= 0.6 is 15.9 Å². The van der Waals surface area contributed by atoms with E-state index < -0.39 is 0 Å². The minimum Gasteiger partial charge on any atom is -0.384 e. The van der Waals surface area contributed by atoms with Crippen molar-refractivity contribution in [2.24, 2.45) is 0 Å². The first kappa shape index (κ1) is 8.53. The molecule has 1 nitrogen and oxygen atoms in total. The highest BCUT2D eigenvalue weighted by molar-refractivity contribution is 9.10. The lowest BCUT2D eigenvalue weighted by Crippen LogP contribution is -1.96. The monoisotopic (exact) mass is 217 g/mol. The van der Waals surface area contributed by atoms with Crippen LogP contribution < -0.4 is 5.32 Å². The van der Waals surface area contributed by atoms with Crippen LogP contribution in [0, 0.1) is 5.82 Å². The molecule has 0 saturated heterocycles. The second kappa shape index (κ2) is 3.72. The lowest BCUT2D eigenvalue weighted by Gasteiger charge is -2.04. The lowest BCUT2D eigenvalue weighted by atomic mass is 10.3. The normalized spacial score (nSPS) is 9.73. The van der Waals surface area contributed by atoms with Gasteiger partial charge in [0.15, 0.2) is 0 Å². The molecule has 0 aliphatic heterocycles. The van der Waals surface area contributed by atoms with Gasteiger partial charge in [-0.25, -0.2) is 4.39 Å². The van der Waals surface area contributed by atoms with Gasteiger partial charge < -0.3 is 5.32 Å². The van der Waals surface area contributed by atoms with E-state index in [9.17, 15) is 4.39 Å². The summed E-state index contributed by atoms with van der Waals surface area (Å²) in [6, 6.07) is 4.59. The van der Waals surface area contributed by atoms with E-state index in [-0.39, 0.29) is 5.82 Å². The third-order valence-corrected chi connectivity index (χ3v) is 1.95. The number of anilines is 1. The van der Waals surface area contributed by atoms with Gasteiger partial charge in [-0.05, 0) is 41.1 Å². The molecular formula is C8H9BrFN. The number of halogens is 2. The van der Waals surface area contributed by atoms with E-state index in [0.29, 0.717) is 0 Å². The summed E-state index contributed by atoms with van der Waals surface area (Å²) in [5, 5.41) is 3.09. The Kier molecular flexibility index (Phi) is 2.88. The van der Waals surface area contributed by atoms with Gasteiger partial charge in [0.1, 0.15) is 5.82 Å². The topological polar surface area (TPSA) is 12.0 Å². The zero-order chi connectivity index (χ0) is 8.27. The summed E-state index contributed by atoms with van der Waals surface area (Å²) in [5.41, 5.74) is 0.925. The van der Waals surface area contributed by atoms with E-state index in [1.807, 2.05) is 6.92 Å². The van der Waals surface area contributed by atoms with Crippen LogP contribution in [0.25, 0.3) is 0 Å². The van der Waals surface area contributed by atoms with E-state index in [4.69, 9.17) is 0 Å². The molecule has 0 unspecified atom stereocenters. The van der Waals surface area contributed by atoms with Gasteiger partial charge in [0.2, 0.25) is 0 Å². The molecule has 0 fully saturated rings. The highest BCUT2D eigenvalue weighted by atomic mass is 79.9. The molecule has 0 amide bonds. The van der Waals surface area contributed by atoms with Gasteiger partial charge in [0.05, 0.1) is 0 Å². The molecule has 60 valence electrons. The average molecular weight is 218 g/mol. The number of hydrogen-bond donors (Lipinski definition) is 1. The Labute approximate surface area is 73.7 Å². The molecular weight excluding hydrogens is 209 g/mol. The van der Waals surface area contributed by atoms with Gasteiger partial charge in [-0.1, -0.05) is 0 Å². The van der Waals surface area contributed by atoms with E-state index in [0.717, 1.165) is 16.7 Å². The maximum atomic E-state index is 12.5. The summed E-state index contributed by atoms with van der Waals surface area (Å²) >= 11 is 3.25. The molecule has 0 radical (unpaired) electrons. The summed E-state index contributed by atoms with van der Waals surface area (Å²) in [6.45, 7) is 2.83. The summed E-state index contributed by atoms with van der Waals surface area (Å²) in [4.78, 5) is 0. The highest BCUT2D eigenvalue weighted by Gasteiger charge is 1.98. The molecule has 1 aromatic carbocycles. The largest absolute Gasteiger partial charge is 0.384 e. The smallest absolute Gasteiger partial charge is 0.124 e. The fraction of sp³-hybridized carbons (Fsp3) is 0.250. The Bertz CT molecular complexity index is 250. The van der Waals surface area contributed by atoms with Crippen LogP contribution in [0.1, 0.15) is 6.92 Å². The van der Waals surface area contributed by atoms with Crippen molar-refractivity contribution in [1.29, 1.82) is 0 Å². The highest BCUT2D eigenvalue weighted by Crippen LogP contribution is 2.22. The quantitative estimate of drug-likeness (QED) is 0.804. The molecule has 0 bridgehead atoms. The molecule has 3 heteroatoms. The molecule has 0 saturated carbocycles. The molecule has 0 aromatic heterocycles. The van der Waals surface area contributed by atoms with E-state index >= 15 is 0 Å². The Morgan fingerprint density at radius 3 is 2.82 bits per heavy atom. The molecule has 0 heterocycles. The zero-order valence-electron chi connectivity index (χ0n) is 6.20. The molecule has 0 spiro atoms. The lowest BCUT2D eigenvalue weighted by molar-refractivity contribution is 0.627. The minimum absolute atomic E-state index is 0.224. The number of rotatable bonds is 2. The first-order chi connectivity index (χ1) is 5.24. The molecule has 11 heavy (non-hydrogen) atoms. The Balaban J connectivity index is 2.90. The second-order valence-electron chi connectivity index (χ2n) is 2.15. The van der Waals surface area contributed by atoms with Gasteiger partial charge in [-0.2, -0.15) is 0 Å². The van der Waals surface area contributed by atoms with Crippen molar-refractivity contribution in [3.63, 3.8) is 0 Å². The Morgan fingerprint density at radius 2 is 2.27 bits per heavy atom. The van der Waals surface area contributed by atoms with Crippen molar-refractivity contribution in [2.75, 3.05) is 11.9 Å². The van der Waals surface area contributed by atoms with Crippen molar-refractivity contribution in [3.05, 3.63) is 28.5 Å². The maximum Gasteiger partial charge on any atom is 0.124 e. The fourth-order valence-electron chi connectivity index (χ4n) is 0.823. The van der Waals surface area contributed by atoms with Crippen LogP contribution in [-0.2, 0) is 0 Å². The van der Waals surface area contributed by atoms with Crippen molar-refractivity contribution >= 4 is 21.6 Å². The molecule has 0 atom stereocenters. The molecule has 1 rings (SSSR count). The van der Waals surface area contributed by atoms with Gasteiger partial charge in [0.25, 0.3) is 0 Å². The predicted octanol–water partition coefficient (Wildman–Crippen LogP) is 3.02. The summed E-state index contributed by atoms with van der Waals surface area (Å²) in [7, 11) is 0. The van der Waals surface area contributed by atoms with E-state index in [1.165, 1.54) is 12.1 Å². The minimum atomic E-state index is -0.224. The fourth-order valence-corrected chi connectivity index (χ4v) is 1.31. The summed E-state index contributed by atoms with van der Waals surface area (Å²) in [5.74, 6) is -0.224. The number of benzene rings is 1. The molecule has 0 aliphatic carbocycles. The molecule has 0 aliphatic rings. The van der Waals surface area contributed by atoms with Crippen molar-refractivity contribution in [3.8, 4) is 0 Å². The van der Waals surface area contributed by atoms with Gasteiger partial charge in [-0.3, -0.25) is 0 Å². The third-order valence-electron chi connectivity index (χ3n) is 1.30. The average Bonchev–Trinajstić information content (AvgIpc) is 1.95. The van der Waals surface area contributed by atoms with Crippen LogP contribution in [0.15, 0.2) is 22.7 Å². The maximum absolute atomic E-state index is 12.5. The van der Waals surface area contributed by atoms with Crippen LogP contribution in [0.3, 0.4) is 0 Å². The number of hydrogen-bond acceptors (Lipinski definition) is 1. The van der Waals surface area contributed by atoms with Crippen molar-refractivity contribution < 1.29 is 4.39 Å². The first-order valence-electron chi connectivity index (χ1n) is 3.43. The zero-order valence-corrected chi connectivity index (χ0v) is 7.78. The Hall–Kier alpha value is -0.570. The third kappa shape index (κ3) is 2.19. The second-order valence-corrected chi connectivity index (χ2v) is 3.01. The van der Waals surface area contributed by atoms with Crippen molar-refractivity contribution in [1.82, 2.24) is 0 Å². The van der Waals surface area contributed by atoms with Gasteiger partial charge in [0, 0.05) is 16.7 Å². The summed E-state index contributed by atoms with van der Waals surface area (Å²) < 4.78 is 13.3. The van der Waals surface area contributed by atoms with Gasteiger partial charge in [-0.15, -0.1) is 0 Å². The first-order valence-corrected chi connectivity index (χ1v) is 4.22. The standard InChI is InChI=1S/C8H9BrFN/c1-2-11-8-4-3-6(10)5-7(8)9/h3-5,11H,2H2,1H3. The summed E-state index contributed by atoms with van der Waals surface area (Å²) in [6.07, 6.45) is 0. The SMILES string of the molecule is CCNc1ccc(F)cc1Br. The Morgan fingerprint density at radius 1 is 1.55 bits per heavy atom. The predicted molar refractivity (Wildman–Crippen MR) is 48.3 cm³/mol. The van der Waals surface area contributed by atoms with Crippen LogP contribution in [0.4, 0.5) is 10.1 Å². The molecule has 1 aromatic rings. The van der Waals surface area contributed by atoms with Crippen LogP contribution in [0.2, 0.25) is 0 Å². The molecule has 1 N–H and O–H groups in total. The number of nitrogens with one attached hydrogen (secondary N) is 1.